The van der Waals surface area contributed by atoms with Crippen molar-refractivity contribution >= 4 is 27.7 Å². The summed E-state index contributed by atoms with van der Waals surface area (Å²) in [6, 6.07) is 8.39. The molecule has 4 nitrogen and oxygen atoms in total. The Morgan fingerprint density at radius 1 is 1.24 bits per heavy atom. The van der Waals surface area contributed by atoms with E-state index in [1.807, 2.05) is 4.90 Å². The molecule has 0 amide bonds. The summed E-state index contributed by atoms with van der Waals surface area (Å²) in [5.74, 6) is 0. The van der Waals surface area contributed by atoms with Crippen LogP contribution in [0.5, 0.6) is 0 Å². The molecule has 1 fully saturated rings. The van der Waals surface area contributed by atoms with Crippen LogP contribution < -0.4 is 4.90 Å². The molecule has 1 aromatic rings. The predicted octanol–water partition coefficient (Wildman–Crippen LogP) is 1.66. The molecule has 0 unspecified atom stereocenters. The molecular formula is C12H13N3OS. The van der Waals surface area contributed by atoms with Crippen molar-refractivity contribution in [2.45, 2.75) is 6.92 Å². The quantitative estimate of drug-likeness (QED) is 0.756. The van der Waals surface area contributed by atoms with E-state index in [0.717, 1.165) is 17.5 Å². The number of hydrogen-bond donors (Lipinski definition) is 0. The summed E-state index contributed by atoms with van der Waals surface area (Å²) >= 11 is 1.26. The van der Waals surface area contributed by atoms with Gasteiger partial charge in [-0.25, -0.2) is 4.99 Å². The van der Waals surface area contributed by atoms with Crippen LogP contribution in [0, 0.1) is 6.92 Å². The molecule has 0 aromatic heterocycles. The van der Waals surface area contributed by atoms with E-state index < -0.39 is 0 Å². The van der Waals surface area contributed by atoms with Crippen LogP contribution >= 0.6 is 11.8 Å². The van der Waals surface area contributed by atoms with Gasteiger partial charge in [0.15, 0.2) is 5.17 Å². The zero-order valence-corrected chi connectivity index (χ0v) is 10.4. The number of thioether (sulfide) groups is 1. The normalized spacial score (nSPS) is 19.4. The summed E-state index contributed by atoms with van der Waals surface area (Å²) in [5, 5.41) is 1.06. The molecule has 0 atom stereocenters. The first-order chi connectivity index (χ1) is 8.22. The molecule has 5 heteroatoms. The molecule has 1 saturated heterocycles. The first-order valence-electron chi connectivity index (χ1n) is 5.54. The van der Waals surface area contributed by atoms with Crippen LogP contribution in [0.4, 0.5) is 5.69 Å². The van der Waals surface area contributed by atoms with Crippen LogP contribution in [-0.2, 0) is 4.79 Å². The summed E-state index contributed by atoms with van der Waals surface area (Å²) in [6.45, 7) is 3.94. The van der Waals surface area contributed by atoms with Gasteiger partial charge in [0.1, 0.15) is 6.67 Å². The highest BCUT2D eigenvalue weighted by molar-refractivity contribution is 8.26. The number of benzene rings is 1. The van der Waals surface area contributed by atoms with Crippen molar-refractivity contribution in [2.24, 2.45) is 4.99 Å². The summed E-state index contributed by atoms with van der Waals surface area (Å²) in [7, 11) is 0. The number of nitrogens with zero attached hydrogens (tertiary/aromatic N) is 3. The third-order valence-electron chi connectivity index (χ3n) is 2.91. The smallest absolute Gasteiger partial charge is 0.215 e. The number of fused-ring (bicyclic) bond motifs is 1. The van der Waals surface area contributed by atoms with E-state index in [1.54, 1.807) is 0 Å². The fraction of sp³-hybridized carbons (Fsp3) is 0.333. The van der Waals surface area contributed by atoms with Crippen LogP contribution in [-0.4, -0.2) is 35.1 Å². The lowest BCUT2D eigenvalue weighted by Crippen LogP contribution is -2.43. The van der Waals surface area contributed by atoms with Gasteiger partial charge in [-0.15, -0.1) is 0 Å². The fourth-order valence-corrected chi connectivity index (χ4v) is 2.78. The van der Waals surface area contributed by atoms with E-state index in [2.05, 4.69) is 41.1 Å². The molecule has 2 aliphatic rings. The topological polar surface area (TPSA) is 35.9 Å². The Hall–Kier alpha value is -1.49. The van der Waals surface area contributed by atoms with Gasteiger partial charge in [-0.05, 0) is 30.8 Å². The molecule has 2 heterocycles. The zero-order chi connectivity index (χ0) is 11.8. The largest absolute Gasteiger partial charge is 0.334 e. The molecule has 0 radical (unpaired) electrons. The lowest BCUT2D eigenvalue weighted by molar-refractivity contribution is -0.110. The zero-order valence-electron chi connectivity index (χ0n) is 9.59. The van der Waals surface area contributed by atoms with Crippen LogP contribution in [0.2, 0.25) is 0 Å². The number of aryl methyl sites for hydroxylation is 1. The summed E-state index contributed by atoms with van der Waals surface area (Å²) in [4.78, 5) is 19.9. The second-order valence-corrected chi connectivity index (χ2v) is 5.30. The lowest BCUT2D eigenvalue weighted by atomic mass is 10.2. The van der Waals surface area contributed by atoms with E-state index in [9.17, 15) is 4.79 Å². The van der Waals surface area contributed by atoms with Gasteiger partial charge < -0.3 is 9.80 Å². The Labute approximate surface area is 104 Å². The maximum Gasteiger partial charge on any atom is 0.215 e. The van der Waals surface area contributed by atoms with Gasteiger partial charge in [-0.3, -0.25) is 4.79 Å². The van der Waals surface area contributed by atoms with Crippen molar-refractivity contribution in [3.05, 3.63) is 29.8 Å². The maximum atomic E-state index is 11.3. The fourth-order valence-electron chi connectivity index (χ4n) is 1.98. The average molecular weight is 247 g/mol. The Morgan fingerprint density at radius 3 is 2.76 bits per heavy atom. The lowest BCUT2D eigenvalue weighted by Gasteiger charge is -2.32. The summed E-state index contributed by atoms with van der Waals surface area (Å²) < 4.78 is 0. The second-order valence-electron chi connectivity index (χ2n) is 4.27. The average Bonchev–Trinajstić information content (AvgIpc) is 2.69. The SMILES string of the molecule is Cc1ccc(N2CN=C3SC(=O)CN3C2)cc1. The maximum absolute atomic E-state index is 11.3. The van der Waals surface area contributed by atoms with Gasteiger partial charge in [-0.1, -0.05) is 17.7 Å². The highest BCUT2D eigenvalue weighted by Crippen LogP contribution is 2.25. The Bertz CT molecular complexity index is 483. The number of hydrogen-bond acceptors (Lipinski definition) is 5. The highest BCUT2D eigenvalue weighted by Gasteiger charge is 2.30. The molecule has 0 N–H and O–H groups in total. The molecule has 0 spiro atoms. The molecule has 3 rings (SSSR count). The number of rotatable bonds is 1. The van der Waals surface area contributed by atoms with E-state index in [1.165, 1.54) is 17.3 Å². The molecule has 2 aliphatic heterocycles. The van der Waals surface area contributed by atoms with Gasteiger partial charge in [0.2, 0.25) is 5.12 Å². The molecule has 0 saturated carbocycles. The van der Waals surface area contributed by atoms with E-state index in [4.69, 9.17) is 0 Å². The first kappa shape index (κ1) is 10.7. The molecule has 0 bridgehead atoms. The third kappa shape index (κ3) is 2.02. The van der Waals surface area contributed by atoms with Gasteiger partial charge in [-0.2, -0.15) is 0 Å². The van der Waals surface area contributed by atoms with Crippen molar-refractivity contribution in [2.75, 3.05) is 24.8 Å². The van der Waals surface area contributed by atoms with Crippen LogP contribution in [0.15, 0.2) is 29.3 Å². The van der Waals surface area contributed by atoms with Crippen LogP contribution in [0.1, 0.15) is 5.56 Å². The van der Waals surface area contributed by atoms with E-state index >= 15 is 0 Å². The van der Waals surface area contributed by atoms with Gasteiger partial charge in [0, 0.05) is 5.69 Å². The minimum atomic E-state index is 0.189. The van der Waals surface area contributed by atoms with Crippen LogP contribution in [0.25, 0.3) is 0 Å². The minimum absolute atomic E-state index is 0.189. The van der Waals surface area contributed by atoms with E-state index in [0.29, 0.717) is 13.2 Å². The van der Waals surface area contributed by atoms with Gasteiger partial charge in [0.25, 0.3) is 0 Å². The van der Waals surface area contributed by atoms with Crippen LogP contribution in [0.3, 0.4) is 0 Å². The number of carbonyl (C=O) groups excluding carboxylic acids is 1. The number of anilines is 1. The monoisotopic (exact) mass is 247 g/mol. The molecule has 0 aliphatic carbocycles. The second kappa shape index (κ2) is 4.07. The first-order valence-corrected chi connectivity index (χ1v) is 6.36. The highest BCUT2D eigenvalue weighted by atomic mass is 32.2. The minimum Gasteiger partial charge on any atom is -0.334 e. The molecule has 1 aromatic carbocycles. The van der Waals surface area contributed by atoms with Crippen molar-refractivity contribution in [1.29, 1.82) is 0 Å². The van der Waals surface area contributed by atoms with Gasteiger partial charge in [0.05, 0.1) is 13.2 Å². The predicted molar refractivity (Wildman–Crippen MR) is 70.1 cm³/mol. The Kier molecular flexibility index (Phi) is 2.55. The Balaban J connectivity index is 1.80. The number of aliphatic imine (C=N–C) groups is 1. The van der Waals surface area contributed by atoms with Crippen molar-refractivity contribution in [1.82, 2.24) is 4.90 Å². The van der Waals surface area contributed by atoms with Crippen molar-refractivity contribution < 1.29 is 4.79 Å². The Morgan fingerprint density at radius 2 is 2.00 bits per heavy atom. The van der Waals surface area contributed by atoms with E-state index in [-0.39, 0.29) is 5.12 Å². The number of carbonyl (C=O) groups is 1. The molecule has 17 heavy (non-hydrogen) atoms. The van der Waals surface area contributed by atoms with Crippen molar-refractivity contribution in [3.8, 4) is 0 Å². The summed E-state index contributed by atoms with van der Waals surface area (Å²) in [5.41, 5.74) is 2.41. The number of amidine groups is 1. The standard InChI is InChI=1S/C12H13N3OS/c1-9-2-4-10(5-3-9)15-7-13-12-14(8-15)6-11(16)17-12/h2-5H,6-8H2,1H3. The molecular weight excluding hydrogens is 234 g/mol. The third-order valence-corrected chi connectivity index (χ3v) is 3.84. The molecule has 88 valence electrons. The van der Waals surface area contributed by atoms with Gasteiger partial charge >= 0.3 is 0 Å². The van der Waals surface area contributed by atoms with Crippen molar-refractivity contribution in [3.63, 3.8) is 0 Å². The summed E-state index contributed by atoms with van der Waals surface area (Å²) in [6.07, 6.45) is 0.